The minimum atomic E-state index is -0.934. The number of rotatable bonds is 15. The van der Waals surface area contributed by atoms with Gasteiger partial charge in [-0.25, -0.2) is 4.79 Å². The highest BCUT2D eigenvalue weighted by Crippen LogP contribution is 2.15. The lowest BCUT2D eigenvalue weighted by Gasteiger charge is -2.24. The SMILES string of the molecule is CCC(CC)CCC(=O)Cn1cccc(CC(=O)[C@H](CCC(C)C(=O)NC)NC(=O)OC(C)(C)C)c1=O. The zero-order valence-electron chi connectivity index (χ0n) is 23.5. The van der Waals surface area contributed by atoms with E-state index < -0.39 is 23.3 Å². The van der Waals surface area contributed by atoms with Gasteiger partial charge >= 0.3 is 6.09 Å². The highest BCUT2D eigenvalue weighted by Gasteiger charge is 2.26. The van der Waals surface area contributed by atoms with Crippen molar-refractivity contribution in [3.63, 3.8) is 0 Å². The van der Waals surface area contributed by atoms with Crippen molar-refractivity contribution in [2.24, 2.45) is 11.8 Å². The molecule has 1 aromatic rings. The van der Waals surface area contributed by atoms with Crippen molar-refractivity contribution < 1.29 is 23.9 Å². The summed E-state index contributed by atoms with van der Waals surface area (Å²) in [4.78, 5) is 63.0. The molecule has 0 radical (unpaired) electrons. The number of aromatic nitrogens is 1. The molecule has 37 heavy (non-hydrogen) atoms. The second-order valence-electron chi connectivity index (χ2n) is 10.7. The Kier molecular flexibility index (Phi) is 13.3. The summed E-state index contributed by atoms with van der Waals surface area (Å²) in [5, 5.41) is 5.18. The molecule has 1 heterocycles. The molecule has 2 atom stereocenters. The molecule has 1 unspecified atom stereocenters. The van der Waals surface area contributed by atoms with Crippen molar-refractivity contribution in [2.75, 3.05) is 7.05 Å². The summed E-state index contributed by atoms with van der Waals surface area (Å²) in [6, 6.07) is 2.27. The quantitative estimate of drug-likeness (QED) is 0.363. The molecule has 0 saturated carbocycles. The summed E-state index contributed by atoms with van der Waals surface area (Å²) in [5.41, 5.74) is -0.904. The van der Waals surface area contributed by atoms with E-state index in [0.29, 0.717) is 18.8 Å². The van der Waals surface area contributed by atoms with Crippen molar-refractivity contribution in [2.45, 2.75) is 105 Å². The Morgan fingerprint density at radius 2 is 1.70 bits per heavy atom. The van der Waals surface area contributed by atoms with Crippen LogP contribution in [0.2, 0.25) is 0 Å². The molecule has 1 rings (SSSR count). The van der Waals surface area contributed by atoms with Gasteiger partial charge < -0.3 is 19.9 Å². The average molecular weight is 520 g/mol. The number of nitrogens with one attached hydrogen (secondary N) is 2. The van der Waals surface area contributed by atoms with Crippen molar-refractivity contribution in [3.05, 3.63) is 34.2 Å². The molecule has 0 aromatic carbocycles. The van der Waals surface area contributed by atoms with Crippen LogP contribution in [0, 0.1) is 11.8 Å². The molecule has 9 nitrogen and oxygen atoms in total. The number of hydrogen-bond acceptors (Lipinski definition) is 6. The minimum absolute atomic E-state index is 0.0230. The summed E-state index contributed by atoms with van der Waals surface area (Å²) in [6.45, 7) is 11.1. The smallest absolute Gasteiger partial charge is 0.408 e. The Bertz CT molecular complexity index is 975. The number of nitrogens with zero attached hydrogens (tertiary/aromatic N) is 1. The number of pyridine rings is 1. The van der Waals surface area contributed by atoms with E-state index in [2.05, 4.69) is 24.5 Å². The van der Waals surface area contributed by atoms with Crippen LogP contribution in [0.15, 0.2) is 23.1 Å². The number of ketones is 2. The molecule has 0 fully saturated rings. The Morgan fingerprint density at radius 1 is 1.05 bits per heavy atom. The van der Waals surface area contributed by atoms with Crippen molar-refractivity contribution in [3.8, 4) is 0 Å². The third-order valence-corrected chi connectivity index (χ3v) is 6.46. The first-order valence-corrected chi connectivity index (χ1v) is 13.2. The first-order valence-electron chi connectivity index (χ1n) is 13.2. The topological polar surface area (TPSA) is 124 Å². The van der Waals surface area contributed by atoms with Crippen LogP contribution in [0.25, 0.3) is 0 Å². The maximum Gasteiger partial charge on any atom is 0.408 e. The number of alkyl carbamates (subject to hydrolysis) is 1. The Morgan fingerprint density at radius 3 is 2.27 bits per heavy atom. The molecule has 0 aliphatic rings. The fourth-order valence-corrected chi connectivity index (χ4v) is 4.05. The van der Waals surface area contributed by atoms with E-state index in [-0.39, 0.29) is 48.3 Å². The normalized spacial score (nSPS) is 13.1. The third kappa shape index (κ3) is 11.7. The van der Waals surface area contributed by atoms with Gasteiger partial charge in [-0.1, -0.05) is 39.7 Å². The lowest BCUT2D eigenvalue weighted by atomic mass is 9.95. The van der Waals surface area contributed by atoms with Gasteiger partial charge in [0.15, 0.2) is 11.6 Å². The second-order valence-corrected chi connectivity index (χ2v) is 10.7. The first kappa shape index (κ1) is 32.1. The zero-order valence-corrected chi connectivity index (χ0v) is 23.5. The Hall–Kier alpha value is -2.97. The van der Waals surface area contributed by atoms with E-state index in [9.17, 15) is 24.0 Å². The van der Waals surface area contributed by atoms with Gasteiger partial charge in [-0.2, -0.15) is 0 Å². The predicted molar refractivity (Wildman–Crippen MR) is 143 cm³/mol. The van der Waals surface area contributed by atoms with E-state index in [1.54, 1.807) is 46.0 Å². The van der Waals surface area contributed by atoms with Crippen molar-refractivity contribution in [1.29, 1.82) is 0 Å². The number of carbonyl (C=O) groups excluding carboxylic acids is 4. The summed E-state index contributed by atoms with van der Waals surface area (Å²) in [6.07, 6.45) is 4.40. The first-order chi connectivity index (χ1) is 17.3. The number of amides is 2. The van der Waals surface area contributed by atoms with E-state index in [1.165, 1.54) is 11.6 Å². The predicted octanol–water partition coefficient (Wildman–Crippen LogP) is 3.80. The fraction of sp³-hybridized carbons (Fsp3) is 0.679. The van der Waals surface area contributed by atoms with E-state index in [0.717, 1.165) is 19.3 Å². The summed E-state index contributed by atoms with van der Waals surface area (Å²) >= 11 is 0. The molecule has 0 aliphatic heterocycles. The molecule has 1 aromatic heterocycles. The Labute approximate surface area is 220 Å². The third-order valence-electron chi connectivity index (χ3n) is 6.46. The molecule has 0 spiro atoms. The fourth-order valence-electron chi connectivity index (χ4n) is 4.05. The molecule has 2 N–H and O–H groups in total. The van der Waals surface area contributed by atoms with E-state index >= 15 is 0 Å². The Balaban J connectivity index is 2.98. The van der Waals surface area contributed by atoms with Crippen LogP contribution in [0.1, 0.15) is 85.6 Å². The van der Waals surface area contributed by atoms with Gasteiger partial charge in [0.1, 0.15) is 5.60 Å². The summed E-state index contributed by atoms with van der Waals surface area (Å²) in [7, 11) is 1.54. The number of hydrogen-bond donors (Lipinski definition) is 2. The molecule has 0 bridgehead atoms. The standard InChI is InChI=1S/C28H45N3O6/c1-8-20(9-2)13-14-22(32)18-31-16-10-11-21(26(31)35)17-24(33)23(15-12-19(3)25(34)29-7)30-27(36)37-28(4,5)6/h10-11,16,19-20,23H,8-9,12-15,17-18H2,1-7H3,(H,29,34)(H,30,36)/t19?,23-/m0/s1. The van der Waals surface area contributed by atoms with Crippen LogP contribution >= 0.6 is 0 Å². The highest BCUT2D eigenvalue weighted by atomic mass is 16.6. The molecule has 208 valence electrons. The van der Waals surface area contributed by atoms with Crippen LogP contribution in [0.3, 0.4) is 0 Å². The van der Waals surface area contributed by atoms with Gasteiger partial charge in [-0.3, -0.25) is 19.2 Å². The molecule has 0 saturated heterocycles. The van der Waals surface area contributed by atoms with Crippen LogP contribution in [-0.2, 0) is 32.1 Å². The summed E-state index contributed by atoms with van der Waals surface area (Å²) in [5.74, 6) is -0.427. The van der Waals surface area contributed by atoms with Crippen LogP contribution < -0.4 is 16.2 Å². The number of ether oxygens (including phenoxy) is 1. The largest absolute Gasteiger partial charge is 0.444 e. The molecular weight excluding hydrogens is 474 g/mol. The van der Waals surface area contributed by atoms with E-state index in [4.69, 9.17) is 4.74 Å². The monoisotopic (exact) mass is 519 g/mol. The van der Waals surface area contributed by atoms with Gasteiger partial charge in [0.2, 0.25) is 5.91 Å². The molecule has 9 heteroatoms. The van der Waals surface area contributed by atoms with Crippen molar-refractivity contribution >= 4 is 23.6 Å². The average Bonchev–Trinajstić information content (AvgIpc) is 2.82. The lowest BCUT2D eigenvalue weighted by Crippen LogP contribution is -2.45. The van der Waals surface area contributed by atoms with Gasteiger partial charge in [0.25, 0.3) is 5.56 Å². The molecular formula is C28H45N3O6. The number of carbonyl (C=O) groups is 4. The van der Waals surface area contributed by atoms with Crippen LogP contribution in [0.5, 0.6) is 0 Å². The van der Waals surface area contributed by atoms with Crippen LogP contribution in [0.4, 0.5) is 4.79 Å². The van der Waals surface area contributed by atoms with Gasteiger partial charge in [-0.15, -0.1) is 0 Å². The highest BCUT2D eigenvalue weighted by molar-refractivity contribution is 5.89. The van der Waals surface area contributed by atoms with Crippen LogP contribution in [-0.4, -0.2) is 46.8 Å². The lowest BCUT2D eigenvalue weighted by molar-refractivity contribution is -0.125. The van der Waals surface area contributed by atoms with Gasteiger partial charge in [-0.05, 0) is 52.0 Å². The maximum absolute atomic E-state index is 13.2. The van der Waals surface area contributed by atoms with E-state index in [1.807, 2.05) is 0 Å². The van der Waals surface area contributed by atoms with Crippen molar-refractivity contribution in [1.82, 2.24) is 15.2 Å². The zero-order chi connectivity index (χ0) is 28.2. The van der Waals surface area contributed by atoms with Gasteiger partial charge in [0.05, 0.1) is 12.6 Å². The minimum Gasteiger partial charge on any atom is -0.444 e. The van der Waals surface area contributed by atoms with Gasteiger partial charge in [0, 0.05) is 37.6 Å². The molecule has 0 aliphatic carbocycles. The summed E-state index contributed by atoms with van der Waals surface area (Å²) < 4.78 is 6.64. The second kappa shape index (κ2) is 15.3. The molecule has 2 amide bonds. The maximum atomic E-state index is 13.2. The number of Topliss-reactive ketones (excluding diaryl/α,β-unsaturated/α-hetero) is 2.